The fraction of sp³-hybridized carbons (Fsp3) is 0.250. The molecule has 0 spiro atoms. The van der Waals surface area contributed by atoms with E-state index in [9.17, 15) is 13.2 Å². The minimum Gasteiger partial charge on any atom is -0.493 e. The Kier molecular flexibility index (Phi) is 10.4. The zero-order valence-corrected chi connectivity index (χ0v) is 24.9. The third kappa shape index (κ3) is 7.80. The molecular weight excluding hydrogens is 574 g/mol. The second-order valence-electron chi connectivity index (χ2n) is 10.0. The maximum Gasteiger partial charge on any atom is 0.333 e. The van der Waals surface area contributed by atoms with Crippen molar-refractivity contribution in [2.24, 2.45) is 0 Å². The Morgan fingerprint density at radius 1 is 0.905 bits per heavy atom. The Morgan fingerprint density at radius 2 is 1.57 bits per heavy atom. The molecule has 2 N–H and O–H groups in total. The van der Waals surface area contributed by atoms with Gasteiger partial charge in [-0.05, 0) is 97.3 Å². The molecule has 1 aromatic heterocycles. The van der Waals surface area contributed by atoms with Crippen molar-refractivity contribution in [2.75, 3.05) is 12.4 Å². The smallest absolute Gasteiger partial charge is 0.333 e. The van der Waals surface area contributed by atoms with Gasteiger partial charge in [-0.15, -0.1) is 12.4 Å². The normalized spacial score (nSPS) is 13.9. The summed E-state index contributed by atoms with van der Waals surface area (Å²) in [5, 5.41) is 2.61. The predicted octanol–water partition coefficient (Wildman–Crippen LogP) is 6.72. The topological polar surface area (TPSA) is 107 Å². The quantitative estimate of drug-likeness (QED) is 0.207. The lowest BCUT2D eigenvalue weighted by Crippen LogP contribution is -2.34. The standard InChI is InChI=1S/C32H33N3O5S.ClH/c1-39-30-16-13-25(22-31(30)40-27-7-5-6-8-27)29(21-23-17-19-33-20-18-23)24-11-14-26(15-12-24)34-32(36)35-41(37,38)28-9-3-2-4-10-28;/h2-4,9-20,22,27,29H,5-8,21H2,1H3,(H2,34,35,36);1H/t29-;/m1./s1. The average Bonchev–Trinajstić information content (AvgIpc) is 3.50. The molecule has 1 fully saturated rings. The molecule has 0 radical (unpaired) electrons. The van der Waals surface area contributed by atoms with E-state index in [4.69, 9.17) is 9.47 Å². The Labute approximate surface area is 253 Å². The van der Waals surface area contributed by atoms with Gasteiger partial charge >= 0.3 is 6.03 Å². The van der Waals surface area contributed by atoms with Crippen LogP contribution in [0.2, 0.25) is 0 Å². The highest BCUT2D eigenvalue weighted by Crippen LogP contribution is 2.37. The molecule has 1 aliphatic rings. The summed E-state index contributed by atoms with van der Waals surface area (Å²) in [5.74, 6) is 1.43. The summed E-state index contributed by atoms with van der Waals surface area (Å²) in [4.78, 5) is 16.7. The van der Waals surface area contributed by atoms with Crippen molar-refractivity contribution in [3.8, 4) is 11.5 Å². The maximum atomic E-state index is 12.5. The van der Waals surface area contributed by atoms with Crippen LogP contribution in [0.3, 0.4) is 0 Å². The molecule has 10 heteroatoms. The number of hydrogen-bond acceptors (Lipinski definition) is 6. The molecule has 3 aromatic carbocycles. The predicted molar refractivity (Wildman–Crippen MR) is 165 cm³/mol. The van der Waals surface area contributed by atoms with Gasteiger partial charge < -0.3 is 14.8 Å². The van der Waals surface area contributed by atoms with Gasteiger partial charge in [0.05, 0.1) is 18.1 Å². The molecule has 42 heavy (non-hydrogen) atoms. The number of halogens is 1. The van der Waals surface area contributed by atoms with E-state index in [1.807, 2.05) is 30.3 Å². The number of nitrogens with zero attached hydrogens (tertiary/aromatic N) is 1. The summed E-state index contributed by atoms with van der Waals surface area (Å²) in [6, 6.07) is 24.4. The molecule has 5 rings (SSSR count). The molecule has 1 heterocycles. The summed E-state index contributed by atoms with van der Waals surface area (Å²) < 4.78 is 39.0. The summed E-state index contributed by atoms with van der Waals surface area (Å²) >= 11 is 0. The van der Waals surface area contributed by atoms with Crippen molar-refractivity contribution in [2.45, 2.75) is 49.0 Å². The first-order valence-electron chi connectivity index (χ1n) is 13.6. The number of anilines is 1. The lowest BCUT2D eigenvalue weighted by Gasteiger charge is -2.22. The average molecular weight is 608 g/mol. The lowest BCUT2D eigenvalue weighted by atomic mass is 9.86. The molecule has 1 atom stereocenters. The Morgan fingerprint density at radius 3 is 2.24 bits per heavy atom. The van der Waals surface area contributed by atoms with Crippen molar-refractivity contribution >= 4 is 34.1 Å². The van der Waals surface area contributed by atoms with Gasteiger partial charge in [0, 0.05) is 24.0 Å². The summed E-state index contributed by atoms with van der Waals surface area (Å²) in [6.07, 6.45) is 8.92. The van der Waals surface area contributed by atoms with Gasteiger partial charge in [0.15, 0.2) is 11.5 Å². The number of benzene rings is 3. The van der Waals surface area contributed by atoms with Crippen molar-refractivity contribution in [3.63, 3.8) is 0 Å². The molecule has 0 unspecified atom stereocenters. The zero-order valence-electron chi connectivity index (χ0n) is 23.2. The third-order valence-corrected chi connectivity index (χ3v) is 8.57. The van der Waals surface area contributed by atoms with E-state index in [1.165, 1.54) is 25.0 Å². The van der Waals surface area contributed by atoms with E-state index in [0.717, 1.165) is 41.7 Å². The van der Waals surface area contributed by atoms with Gasteiger partial charge in [-0.1, -0.05) is 36.4 Å². The van der Waals surface area contributed by atoms with Crippen molar-refractivity contribution in [1.82, 2.24) is 9.71 Å². The van der Waals surface area contributed by atoms with E-state index in [0.29, 0.717) is 11.4 Å². The van der Waals surface area contributed by atoms with Crippen LogP contribution in [-0.2, 0) is 16.4 Å². The van der Waals surface area contributed by atoms with E-state index >= 15 is 0 Å². The number of carbonyl (C=O) groups is 1. The molecule has 2 amide bonds. The molecule has 8 nitrogen and oxygen atoms in total. The van der Waals surface area contributed by atoms with E-state index < -0.39 is 16.1 Å². The van der Waals surface area contributed by atoms with Gasteiger partial charge in [-0.2, -0.15) is 0 Å². The minimum absolute atomic E-state index is 0. The number of methoxy groups -OCH3 is 1. The molecule has 0 bridgehead atoms. The maximum absolute atomic E-state index is 12.5. The van der Waals surface area contributed by atoms with Crippen molar-refractivity contribution < 1.29 is 22.7 Å². The Balaban J connectivity index is 0.00000405. The van der Waals surface area contributed by atoms with Crippen LogP contribution in [0.5, 0.6) is 11.5 Å². The molecule has 0 aliphatic heterocycles. The fourth-order valence-electron chi connectivity index (χ4n) is 5.11. The second kappa shape index (κ2) is 14.2. The highest BCUT2D eigenvalue weighted by Gasteiger charge is 2.22. The van der Waals surface area contributed by atoms with E-state index in [1.54, 1.807) is 49.8 Å². The van der Waals surface area contributed by atoms with Gasteiger partial charge in [0.2, 0.25) is 0 Å². The number of ether oxygens (including phenoxy) is 2. The zero-order chi connectivity index (χ0) is 28.7. The number of urea groups is 1. The number of sulfonamides is 1. The van der Waals surface area contributed by atoms with E-state index in [-0.39, 0.29) is 29.3 Å². The van der Waals surface area contributed by atoms with Crippen LogP contribution in [0, 0.1) is 0 Å². The molecular formula is C32H34ClN3O5S. The van der Waals surface area contributed by atoms with Crippen LogP contribution in [0.4, 0.5) is 10.5 Å². The number of hydrogen-bond donors (Lipinski definition) is 2. The SMILES string of the molecule is COc1ccc([C@H](Cc2ccncc2)c2ccc(NC(=O)NS(=O)(=O)c3ccccc3)cc2)cc1OC1CCCC1.Cl. The highest BCUT2D eigenvalue weighted by atomic mass is 35.5. The lowest BCUT2D eigenvalue weighted by molar-refractivity contribution is 0.200. The summed E-state index contributed by atoms with van der Waals surface area (Å²) in [6.45, 7) is 0. The second-order valence-corrected chi connectivity index (χ2v) is 11.7. The fourth-order valence-corrected chi connectivity index (χ4v) is 6.04. The third-order valence-electron chi connectivity index (χ3n) is 7.23. The number of pyridine rings is 1. The van der Waals surface area contributed by atoms with Crippen LogP contribution in [0.1, 0.15) is 48.3 Å². The van der Waals surface area contributed by atoms with Crippen LogP contribution < -0.4 is 19.5 Å². The highest BCUT2D eigenvalue weighted by molar-refractivity contribution is 7.90. The van der Waals surface area contributed by atoms with Crippen molar-refractivity contribution in [3.05, 3.63) is 114 Å². The minimum atomic E-state index is -3.98. The number of aromatic nitrogens is 1. The van der Waals surface area contributed by atoms with E-state index in [2.05, 4.69) is 27.2 Å². The largest absolute Gasteiger partial charge is 0.493 e. The number of amides is 2. The Hall–Kier alpha value is -4.08. The van der Waals surface area contributed by atoms with Crippen LogP contribution in [-0.4, -0.2) is 32.6 Å². The monoisotopic (exact) mass is 607 g/mol. The number of rotatable bonds is 10. The van der Waals surface area contributed by atoms with Crippen LogP contribution in [0.25, 0.3) is 0 Å². The van der Waals surface area contributed by atoms with Gasteiger partial charge in [0.1, 0.15) is 0 Å². The number of carbonyl (C=O) groups excluding carboxylic acids is 1. The molecule has 1 saturated carbocycles. The number of nitrogens with one attached hydrogen (secondary N) is 2. The Bertz CT molecular complexity index is 1560. The molecule has 0 saturated heterocycles. The van der Waals surface area contributed by atoms with Crippen LogP contribution >= 0.6 is 12.4 Å². The first-order chi connectivity index (χ1) is 19.9. The first-order valence-corrected chi connectivity index (χ1v) is 15.1. The van der Waals surface area contributed by atoms with Gasteiger partial charge in [0.25, 0.3) is 10.0 Å². The first kappa shape index (κ1) is 30.9. The summed E-state index contributed by atoms with van der Waals surface area (Å²) in [5.41, 5.74) is 3.70. The van der Waals surface area contributed by atoms with Crippen LogP contribution in [0.15, 0.2) is 102 Å². The van der Waals surface area contributed by atoms with Gasteiger partial charge in [-0.25, -0.2) is 17.9 Å². The molecule has 4 aromatic rings. The molecule has 220 valence electrons. The summed E-state index contributed by atoms with van der Waals surface area (Å²) in [7, 11) is -2.33. The van der Waals surface area contributed by atoms with Crippen molar-refractivity contribution in [1.29, 1.82) is 0 Å². The molecule has 1 aliphatic carbocycles. The van der Waals surface area contributed by atoms with Gasteiger partial charge in [-0.3, -0.25) is 4.98 Å².